The SMILES string of the molecule is CCc1nc(-c2ccc(Cl)c(F)c2)[nH]c(=O)c1I. The van der Waals surface area contributed by atoms with Crippen molar-refractivity contribution in [3.8, 4) is 11.4 Å². The van der Waals surface area contributed by atoms with Crippen molar-refractivity contribution >= 4 is 34.2 Å². The normalized spacial score (nSPS) is 10.7. The molecule has 1 heterocycles. The summed E-state index contributed by atoms with van der Waals surface area (Å²) in [6, 6.07) is 4.32. The summed E-state index contributed by atoms with van der Waals surface area (Å²) in [5.41, 5.74) is 0.984. The number of rotatable bonds is 2. The molecule has 2 aromatic rings. The Balaban J connectivity index is 2.60. The quantitative estimate of drug-likeness (QED) is 0.814. The fourth-order valence-corrected chi connectivity index (χ4v) is 2.27. The van der Waals surface area contributed by atoms with Crippen molar-refractivity contribution < 1.29 is 4.39 Å². The number of hydrogen-bond donors (Lipinski definition) is 1. The minimum absolute atomic E-state index is 0.0438. The first kappa shape index (κ1) is 13.5. The predicted molar refractivity (Wildman–Crippen MR) is 77.4 cm³/mol. The number of aromatic amines is 1. The average molecular weight is 379 g/mol. The van der Waals surface area contributed by atoms with E-state index in [-0.39, 0.29) is 10.6 Å². The second-order valence-corrected chi connectivity index (χ2v) is 5.14. The highest BCUT2D eigenvalue weighted by atomic mass is 127. The molecule has 0 unspecified atom stereocenters. The van der Waals surface area contributed by atoms with Crippen LogP contribution in [0, 0.1) is 9.39 Å². The maximum Gasteiger partial charge on any atom is 0.264 e. The zero-order valence-corrected chi connectivity index (χ0v) is 12.3. The molecule has 0 saturated carbocycles. The minimum Gasteiger partial charge on any atom is -0.306 e. The van der Waals surface area contributed by atoms with Crippen LogP contribution < -0.4 is 5.56 Å². The fourth-order valence-electron chi connectivity index (χ4n) is 1.52. The maximum absolute atomic E-state index is 13.4. The molecule has 6 heteroatoms. The fraction of sp³-hybridized carbons (Fsp3) is 0.167. The Bertz CT molecular complexity index is 657. The number of halogens is 3. The van der Waals surface area contributed by atoms with E-state index >= 15 is 0 Å². The van der Waals surface area contributed by atoms with Crippen molar-refractivity contribution in [2.75, 3.05) is 0 Å². The van der Waals surface area contributed by atoms with Crippen LogP contribution in [0.25, 0.3) is 11.4 Å². The summed E-state index contributed by atoms with van der Waals surface area (Å²) in [5, 5.41) is 0.0438. The molecule has 0 saturated heterocycles. The Morgan fingerprint density at radius 2 is 2.22 bits per heavy atom. The molecule has 0 aliphatic heterocycles. The van der Waals surface area contributed by atoms with Crippen molar-refractivity contribution in [3.63, 3.8) is 0 Å². The number of nitrogens with one attached hydrogen (secondary N) is 1. The monoisotopic (exact) mass is 378 g/mol. The highest BCUT2D eigenvalue weighted by Gasteiger charge is 2.10. The van der Waals surface area contributed by atoms with E-state index in [0.717, 1.165) is 0 Å². The van der Waals surface area contributed by atoms with E-state index in [4.69, 9.17) is 11.6 Å². The summed E-state index contributed by atoms with van der Waals surface area (Å²) >= 11 is 7.57. The van der Waals surface area contributed by atoms with Crippen molar-refractivity contribution in [2.45, 2.75) is 13.3 Å². The number of H-pyrrole nitrogens is 1. The van der Waals surface area contributed by atoms with Gasteiger partial charge in [-0.25, -0.2) is 9.37 Å². The van der Waals surface area contributed by atoms with Crippen molar-refractivity contribution in [1.82, 2.24) is 9.97 Å². The maximum atomic E-state index is 13.4. The van der Waals surface area contributed by atoms with Crippen LogP contribution in [0.1, 0.15) is 12.6 Å². The van der Waals surface area contributed by atoms with Gasteiger partial charge in [0, 0.05) is 5.56 Å². The van der Waals surface area contributed by atoms with Crippen LogP contribution >= 0.6 is 34.2 Å². The smallest absolute Gasteiger partial charge is 0.264 e. The van der Waals surface area contributed by atoms with Gasteiger partial charge in [0.1, 0.15) is 11.6 Å². The van der Waals surface area contributed by atoms with Gasteiger partial charge in [0.2, 0.25) is 0 Å². The molecule has 0 fully saturated rings. The summed E-state index contributed by atoms with van der Waals surface area (Å²) in [6.45, 7) is 1.91. The molecule has 0 amide bonds. The van der Waals surface area contributed by atoms with Crippen LogP contribution in [0.15, 0.2) is 23.0 Å². The van der Waals surface area contributed by atoms with Gasteiger partial charge in [0.15, 0.2) is 0 Å². The molecule has 1 N–H and O–H groups in total. The first-order valence-electron chi connectivity index (χ1n) is 5.27. The van der Waals surface area contributed by atoms with Crippen LogP contribution in [-0.2, 0) is 6.42 Å². The Labute approximate surface area is 122 Å². The summed E-state index contributed by atoms with van der Waals surface area (Å²) in [6.07, 6.45) is 0.644. The van der Waals surface area contributed by atoms with E-state index in [1.807, 2.05) is 29.5 Å². The van der Waals surface area contributed by atoms with Crippen LogP contribution in [0.5, 0.6) is 0 Å². The molecule has 0 aliphatic rings. The average Bonchev–Trinajstić information content (AvgIpc) is 2.36. The summed E-state index contributed by atoms with van der Waals surface area (Å²) in [7, 11) is 0. The molecule has 1 aromatic carbocycles. The lowest BCUT2D eigenvalue weighted by Crippen LogP contribution is -2.16. The standard InChI is InChI=1S/C12H9ClFIN2O/c1-2-9-10(15)12(18)17-11(16-9)6-3-4-7(13)8(14)5-6/h3-5H,2H2,1H3,(H,16,17,18). The van der Waals surface area contributed by atoms with Gasteiger partial charge >= 0.3 is 0 Å². The molecular weight excluding hydrogens is 370 g/mol. The summed E-state index contributed by atoms with van der Waals surface area (Å²) < 4.78 is 13.9. The van der Waals surface area contributed by atoms with Gasteiger partial charge in [0.25, 0.3) is 5.56 Å². The van der Waals surface area contributed by atoms with Gasteiger partial charge in [-0.3, -0.25) is 4.79 Å². The van der Waals surface area contributed by atoms with Crippen LogP contribution in [-0.4, -0.2) is 9.97 Å². The predicted octanol–water partition coefficient (Wildman–Crippen LogP) is 3.40. The zero-order valence-electron chi connectivity index (χ0n) is 9.43. The molecule has 3 nitrogen and oxygen atoms in total. The Morgan fingerprint density at radius 1 is 1.50 bits per heavy atom. The van der Waals surface area contributed by atoms with Gasteiger partial charge in [-0.2, -0.15) is 0 Å². The molecule has 1 aromatic heterocycles. The molecule has 0 atom stereocenters. The van der Waals surface area contributed by atoms with Gasteiger partial charge in [-0.1, -0.05) is 18.5 Å². The lowest BCUT2D eigenvalue weighted by Gasteiger charge is -2.05. The number of hydrogen-bond acceptors (Lipinski definition) is 2. The van der Waals surface area contributed by atoms with E-state index in [2.05, 4.69) is 9.97 Å². The largest absolute Gasteiger partial charge is 0.306 e. The van der Waals surface area contributed by atoms with E-state index in [0.29, 0.717) is 27.1 Å². The number of aromatic nitrogens is 2. The van der Waals surface area contributed by atoms with E-state index < -0.39 is 5.82 Å². The minimum atomic E-state index is -0.534. The van der Waals surface area contributed by atoms with Crippen LogP contribution in [0.4, 0.5) is 4.39 Å². The highest BCUT2D eigenvalue weighted by Crippen LogP contribution is 2.21. The molecule has 94 valence electrons. The molecule has 18 heavy (non-hydrogen) atoms. The summed E-state index contributed by atoms with van der Waals surface area (Å²) in [5.74, 6) is -0.179. The Kier molecular flexibility index (Phi) is 4.01. The van der Waals surface area contributed by atoms with E-state index in [9.17, 15) is 9.18 Å². The number of nitrogens with zero attached hydrogens (tertiary/aromatic N) is 1. The first-order chi connectivity index (χ1) is 8.52. The molecule has 0 aliphatic carbocycles. The van der Waals surface area contributed by atoms with Crippen molar-refractivity contribution in [2.24, 2.45) is 0 Å². The van der Waals surface area contributed by atoms with Crippen LogP contribution in [0.2, 0.25) is 5.02 Å². The lowest BCUT2D eigenvalue weighted by molar-refractivity contribution is 0.628. The highest BCUT2D eigenvalue weighted by molar-refractivity contribution is 14.1. The first-order valence-corrected chi connectivity index (χ1v) is 6.72. The third-order valence-corrected chi connectivity index (χ3v) is 3.88. The van der Waals surface area contributed by atoms with Gasteiger partial charge in [-0.05, 0) is 47.2 Å². The topological polar surface area (TPSA) is 45.8 Å². The van der Waals surface area contributed by atoms with Gasteiger partial charge in [-0.15, -0.1) is 0 Å². The van der Waals surface area contributed by atoms with Gasteiger partial charge < -0.3 is 4.98 Å². The van der Waals surface area contributed by atoms with E-state index in [1.165, 1.54) is 12.1 Å². The molecule has 0 radical (unpaired) electrons. The molecule has 0 bridgehead atoms. The third kappa shape index (κ3) is 2.56. The molecule has 2 rings (SSSR count). The molecular formula is C12H9ClFIN2O. The third-order valence-electron chi connectivity index (χ3n) is 2.46. The number of benzene rings is 1. The lowest BCUT2D eigenvalue weighted by atomic mass is 10.2. The van der Waals surface area contributed by atoms with Gasteiger partial charge in [0.05, 0.1) is 14.3 Å². The Morgan fingerprint density at radius 3 is 2.83 bits per heavy atom. The second-order valence-electron chi connectivity index (χ2n) is 3.66. The van der Waals surface area contributed by atoms with Crippen LogP contribution in [0.3, 0.4) is 0 Å². The van der Waals surface area contributed by atoms with E-state index in [1.54, 1.807) is 6.07 Å². The zero-order chi connectivity index (χ0) is 13.3. The number of aryl methyl sites for hydroxylation is 1. The Hall–Kier alpha value is -0.950. The summed E-state index contributed by atoms with van der Waals surface area (Å²) in [4.78, 5) is 18.7. The van der Waals surface area contributed by atoms with Crippen molar-refractivity contribution in [3.05, 3.63) is 48.7 Å². The second kappa shape index (κ2) is 5.36. The molecule has 0 spiro atoms. The van der Waals surface area contributed by atoms with Crippen molar-refractivity contribution in [1.29, 1.82) is 0 Å².